The van der Waals surface area contributed by atoms with E-state index in [0.29, 0.717) is 30.2 Å². The normalized spacial score (nSPS) is 13.4. The van der Waals surface area contributed by atoms with Gasteiger partial charge in [0.25, 0.3) is 17.5 Å². The molecule has 0 N–H and O–H groups in total. The van der Waals surface area contributed by atoms with Gasteiger partial charge in [0.1, 0.15) is 11.4 Å². The monoisotopic (exact) mass is 457 g/mol. The second kappa shape index (κ2) is 9.58. The summed E-state index contributed by atoms with van der Waals surface area (Å²) < 4.78 is 5.55. The molecule has 0 atom stereocenters. The number of hydrogen-bond donors (Lipinski definition) is 0. The van der Waals surface area contributed by atoms with E-state index in [1.807, 2.05) is 44.2 Å². The van der Waals surface area contributed by atoms with Crippen molar-refractivity contribution in [2.75, 3.05) is 23.0 Å². The van der Waals surface area contributed by atoms with Gasteiger partial charge in [-0.1, -0.05) is 24.3 Å². The molecule has 34 heavy (non-hydrogen) atoms. The fraction of sp³-hybridized carbons (Fsp3) is 0.154. The summed E-state index contributed by atoms with van der Waals surface area (Å²) in [6.07, 6.45) is 0. The van der Waals surface area contributed by atoms with Gasteiger partial charge in [0, 0.05) is 30.4 Å². The summed E-state index contributed by atoms with van der Waals surface area (Å²) in [6.45, 7) is 4.62. The highest BCUT2D eigenvalue weighted by Gasteiger charge is 2.42. The Hall–Kier alpha value is -4.46. The van der Waals surface area contributed by atoms with Crippen LogP contribution in [-0.2, 0) is 9.59 Å². The van der Waals surface area contributed by atoms with Crippen LogP contribution in [0.1, 0.15) is 19.4 Å². The highest BCUT2D eigenvalue weighted by molar-refractivity contribution is 6.46. The average Bonchev–Trinajstić information content (AvgIpc) is 3.10. The van der Waals surface area contributed by atoms with Crippen molar-refractivity contribution in [1.29, 1.82) is 0 Å². The van der Waals surface area contributed by atoms with Crippen molar-refractivity contribution in [3.8, 4) is 5.75 Å². The molecule has 4 rings (SSSR count). The van der Waals surface area contributed by atoms with Crippen molar-refractivity contribution in [2.24, 2.45) is 0 Å². The van der Waals surface area contributed by atoms with Gasteiger partial charge in [-0.25, -0.2) is 4.90 Å². The molecule has 3 aromatic carbocycles. The van der Waals surface area contributed by atoms with Crippen molar-refractivity contribution in [3.05, 3.63) is 100 Å². The molecule has 0 aromatic heterocycles. The molecule has 1 aliphatic rings. The Kier molecular flexibility index (Phi) is 6.40. The zero-order valence-corrected chi connectivity index (χ0v) is 18.8. The van der Waals surface area contributed by atoms with Crippen LogP contribution in [0, 0.1) is 10.1 Å². The molecule has 1 aliphatic heterocycles. The summed E-state index contributed by atoms with van der Waals surface area (Å²) in [5.41, 5.74) is 1.88. The van der Waals surface area contributed by atoms with E-state index in [1.165, 1.54) is 24.3 Å². The van der Waals surface area contributed by atoms with Gasteiger partial charge in [0.05, 0.1) is 22.8 Å². The van der Waals surface area contributed by atoms with Crippen LogP contribution in [0.15, 0.2) is 84.6 Å². The molecule has 8 nitrogen and oxygen atoms in total. The van der Waals surface area contributed by atoms with Crippen molar-refractivity contribution in [2.45, 2.75) is 13.8 Å². The first-order valence-electron chi connectivity index (χ1n) is 10.9. The summed E-state index contributed by atoms with van der Waals surface area (Å²) in [6, 6.07) is 21.8. The lowest BCUT2D eigenvalue weighted by molar-refractivity contribution is -0.384. The summed E-state index contributed by atoms with van der Waals surface area (Å²) in [7, 11) is 0. The van der Waals surface area contributed by atoms with E-state index in [-0.39, 0.29) is 17.0 Å². The summed E-state index contributed by atoms with van der Waals surface area (Å²) >= 11 is 0. The molecule has 8 heteroatoms. The third kappa shape index (κ3) is 4.13. The Morgan fingerprint density at radius 3 is 2.24 bits per heavy atom. The lowest BCUT2D eigenvalue weighted by Gasteiger charge is -2.25. The summed E-state index contributed by atoms with van der Waals surface area (Å²) in [5.74, 6) is -0.434. The number of ether oxygens (including phenoxy) is 1. The summed E-state index contributed by atoms with van der Waals surface area (Å²) in [5, 5.41) is 11.1. The third-order valence-corrected chi connectivity index (χ3v) is 5.47. The van der Waals surface area contributed by atoms with Gasteiger partial charge in [-0.05, 0) is 55.8 Å². The van der Waals surface area contributed by atoms with Crippen LogP contribution in [0.25, 0.3) is 5.57 Å². The van der Waals surface area contributed by atoms with E-state index >= 15 is 0 Å². The maximum atomic E-state index is 13.8. The van der Waals surface area contributed by atoms with Crippen molar-refractivity contribution < 1.29 is 19.2 Å². The number of benzene rings is 3. The zero-order valence-electron chi connectivity index (χ0n) is 18.8. The zero-order chi connectivity index (χ0) is 24.2. The van der Waals surface area contributed by atoms with E-state index in [0.717, 1.165) is 10.6 Å². The quantitative estimate of drug-likeness (QED) is 0.274. The minimum absolute atomic E-state index is 0.0978. The first kappa shape index (κ1) is 22.7. The number of hydrogen-bond acceptors (Lipinski definition) is 6. The van der Waals surface area contributed by atoms with E-state index < -0.39 is 16.7 Å². The molecule has 3 aromatic rings. The largest absolute Gasteiger partial charge is 0.494 e. The van der Waals surface area contributed by atoms with Gasteiger partial charge in [-0.2, -0.15) is 0 Å². The van der Waals surface area contributed by atoms with Gasteiger partial charge in [-0.3, -0.25) is 19.7 Å². The van der Waals surface area contributed by atoms with Crippen LogP contribution in [0.2, 0.25) is 0 Å². The molecular formula is C26H23N3O5. The average molecular weight is 457 g/mol. The first-order valence-corrected chi connectivity index (χ1v) is 10.9. The summed E-state index contributed by atoms with van der Waals surface area (Å²) in [4.78, 5) is 41.0. The van der Waals surface area contributed by atoms with E-state index in [9.17, 15) is 19.7 Å². The number of para-hydroxylation sites is 1. The Morgan fingerprint density at radius 2 is 1.62 bits per heavy atom. The molecule has 0 spiro atoms. The minimum atomic E-state index is -0.505. The van der Waals surface area contributed by atoms with Crippen LogP contribution in [0.3, 0.4) is 0 Å². The minimum Gasteiger partial charge on any atom is -0.494 e. The van der Waals surface area contributed by atoms with Gasteiger partial charge in [0.15, 0.2) is 0 Å². The highest BCUT2D eigenvalue weighted by atomic mass is 16.6. The van der Waals surface area contributed by atoms with Gasteiger partial charge < -0.3 is 9.64 Å². The molecule has 1 heterocycles. The molecule has 2 amide bonds. The van der Waals surface area contributed by atoms with E-state index in [4.69, 9.17) is 4.74 Å². The maximum absolute atomic E-state index is 13.8. The number of anilines is 2. The molecule has 0 aliphatic carbocycles. The number of non-ortho nitro benzene ring substituents is 1. The lowest BCUT2D eigenvalue weighted by atomic mass is 10.0. The van der Waals surface area contributed by atoms with Crippen LogP contribution in [-0.4, -0.2) is 29.9 Å². The molecule has 0 saturated carbocycles. The second-order valence-corrected chi connectivity index (χ2v) is 7.48. The SMILES string of the molecule is CCOc1cccc(N2C(=O)C(c3ccc([N+](=O)[O-])cc3)=C(N(CC)c3ccccc3)C2=O)c1. The van der Waals surface area contributed by atoms with Crippen LogP contribution >= 0.6 is 0 Å². The number of likely N-dealkylation sites (N-methyl/N-ethyl adjacent to an activating group) is 1. The Labute approximate surface area is 196 Å². The lowest BCUT2D eigenvalue weighted by Crippen LogP contribution is -2.35. The van der Waals surface area contributed by atoms with E-state index in [2.05, 4.69) is 0 Å². The molecule has 0 fully saturated rings. The predicted octanol–water partition coefficient (Wildman–Crippen LogP) is 4.80. The van der Waals surface area contributed by atoms with Gasteiger partial charge in [0.2, 0.25) is 0 Å². The topological polar surface area (TPSA) is 93.0 Å². The first-order chi connectivity index (χ1) is 16.5. The van der Waals surface area contributed by atoms with Crippen LogP contribution in [0.5, 0.6) is 5.75 Å². The molecule has 0 unspecified atom stereocenters. The molecule has 0 bridgehead atoms. The second-order valence-electron chi connectivity index (χ2n) is 7.48. The van der Waals surface area contributed by atoms with E-state index in [1.54, 1.807) is 29.2 Å². The fourth-order valence-corrected chi connectivity index (χ4v) is 3.97. The molecule has 0 radical (unpaired) electrons. The molecular weight excluding hydrogens is 434 g/mol. The highest BCUT2D eigenvalue weighted by Crippen LogP contribution is 2.37. The maximum Gasteiger partial charge on any atom is 0.282 e. The number of nitrogens with zero attached hydrogens (tertiary/aromatic N) is 3. The Morgan fingerprint density at radius 1 is 0.912 bits per heavy atom. The molecule has 0 saturated heterocycles. The number of imide groups is 1. The number of nitro benzene ring substituents is 1. The van der Waals surface area contributed by atoms with Gasteiger partial charge in [-0.15, -0.1) is 0 Å². The fourth-order valence-electron chi connectivity index (χ4n) is 3.97. The van der Waals surface area contributed by atoms with Gasteiger partial charge >= 0.3 is 0 Å². The van der Waals surface area contributed by atoms with Crippen molar-refractivity contribution in [3.63, 3.8) is 0 Å². The Balaban J connectivity index is 1.87. The van der Waals surface area contributed by atoms with Crippen molar-refractivity contribution in [1.82, 2.24) is 0 Å². The Bertz CT molecular complexity index is 1270. The number of carbonyl (C=O) groups excluding carboxylic acids is 2. The third-order valence-electron chi connectivity index (χ3n) is 5.47. The van der Waals surface area contributed by atoms with Crippen LogP contribution in [0.4, 0.5) is 17.1 Å². The number of carbonyl (C=O) groups is 2. The van der Waals surface area contributed by atoms with Crippen molar-refractivity contribution >= 4 is 34.4 Å². The smallest absolute Gasteiger partial charge is 0.282 e. The van der Waals surface area contributed by atoms with Crippen LogP contribution < -0.4 is 14.5 Å². The standard InChI is InChI=1S/C26H23N3O5/c1-3-27(19-9-6-5-7-10-19)24-23(18-13-15-20(16-14-18)29(32)33)25(30)28(26(24)31)21-11-8-12-22(17-21)34-4-2/h5-17H,3-4H2,1-2H3. The molecule has 172 valence electrons. The number of amides is 2. The predicted molar refractivity (Wildman–Crippen MR) is 130 cm³/mol. The number of nitro groups is 1. The number of rotatable bonds is 8.